The van der Waals surface area contributed by atoms with Crippen molar-refractivity contribution in [2.45, 2.75) is 25.3 Å². The normalized spacial score (nSPS) is 20.4. The van der Waals surface area contributed by atoms with Gasteiger partial charge in [-0.15, -0.1) is 0 Å². The van der Waals surface area contributed by atoms with E-state index in [-0.39, 0.29) is 17.4 Å². The number of hydrogen-bond acceptors (Lipinski definition) is 4. The summed E-state index contributed by atoms with van der Waals surface area (Å²) in [5.74, 6) is -0.433. The van der Waals surface area contributed by atoms with Crippen molar-refractivity contribution in [3.8, 4) is 0 Å². The standard InChI is InChI=1S/C16H23NO3/c1-16(2)12-20-10-9-17(16)11-14(15(18)19-3)13-7-5-4-6-8-13/h4-8,14H,9-12H2,1-3H3. The molecule has 110 valence electrons. The fourth-order valence-corrected chi connectivity index (χ4v) is 2.59. The van der Waals surface area contributed by atoms with Crippen LogP contribution in [0.2, 0.25) is 0 Å². The minimum atomic E-state index is -0.251. The molecule has 0 amide bonds. The highest BCUT2D eigenvalue weighted by Gasteiger charge is 2.34. The first-order chi connectivity index (χ1) is 9.54. The van der Waals surface area contributed by atoms with Crippen molar-refractivity contribution in [3.63, 3.8) is 0 Å². The largest absolute Gasteiger partial charge is 0.469 e. The van der Waals surface area contributed by atoms with E-state index in [4.69, 9.17) is 9.47 Å². The molecule has 0 saturated carbocycles. The number of nitrogens with zero attached hydrogens (tertiary/aromatic N) is 1. The summed E-state index contributed by atoms with van der Waals surface area (Å²) in [5.41, 5.74) is 0.945. The number of rotatable bonds is 4. The highest BCUT2D eigenvalue weighted by molar-refractivity contribution is 5.78. The van der Waals surface area contributed by atoms with E-state index in [1.54, 1.807) is 0 Å². The van der Waals surface area contributed by atoms with Crippen LogP contribution in [0.25, 0.3) is 0 Å². The van der Waals surface area contributed by atoms with Gasteiger partial charge in [0.25, 0.3) is 0 Å². The van der Waals surface area contributed by atoms with Crippen molar-refractivity contribution in [2.75, 3.05) is 33.4 Å². The summed E-state index contributed by atoms with van der Waals surface area (Å²) >= 11 is 0. The van der Waals surface area contributed by atoms with Crippen molar-refractivity contribution in [1.29, 1.82) is 0 Å². The molecule has 0 bridgehead atoms. The highest BCUT2D eigenvalue weighted by atomic mass is 16.5. The lowest BCUT2D eigenvalue weighted by atomic mass is 9.94. The number of methoxy groups -OCH3 is 1. The maximum Gasteiger partial charge on any atom is 0.314 e. The van der Waals surface area contributed by atoms with Crippen molar-refractivity contribution in [1.82, 2.24) is 4.90 Å². The lowest BCUT2D eigenvalue weighted by molar-refractivity contribution is -0.144. The zero-order valence-electron chi connectivity index (χ0n) is 12.5. The highest BCUT2D eigenvalue weighted by Crippen LogP contribution is 2.25. The summed E-state index contributed by atoms with van der Waals surface area (Å²) in [6.45, 7) is 7.19. The molecule has 20 heavy (non-hydrogen) atoms. The molecular formula is C16H23NO3. The van der Waals surface area contributed by atoms with E-state index < -0.39 is 0 Å². The van der Waals surface area contributed by atoms with Gasteiger partial charge in [-0.05, 0) is 19.4 Å². The van der Waals surface area contributed by atoms with Crippen LogP contribution in [0.3, 0.4) is 0 Å². The van der Waals surface area contributed by atoms with Crippen LogP contribution in [0, 0.1) is 0 Å². The molecule has 0 radical (unpaired) electrons. The van der Waals surface area contributed by atoms with E-state index in [0.29, 0.717) is 19.8 Å². The number of benzene rings is 1. The van der Waals surface area contributed by atoms with Crippen LogP contribution in [0.15, 0.2) is 30.3 Å². The van der Waals surface area contributed by atoms with Crippen molar-refractivity contribution >= 4 is 5.97 Å². The summed E-state index contributed by atoms with van der Waals surface area (Å²) in [6, 6.07) is 9.83. The smallest absolute Gasteiger partial charge is 0.314 e. The Morgan fingerprint density at radius 3 is 2.70 bits per heavy atom. The molecular weight excluding hydrogens is 254 g/mol. The minimum Gasteiger partial charge on any atom is -0.469 e. The second-order valence-electron chi connectivity index (χ2n) is 5.80. The zero-order chi connectivity index (χ0) is 14.6. The Morgan fingerprint density at radius 2 is 2.10 bits per heavy atom. The maximum absolute atomic E-state index is 12.1. The molecule has 1 aliphatic rings. The average molecular weight is 277 g/mol. The molecule has 4 heteroatoms. The van der Waals surface area contributed by atoms with Crippen molar-refractivity contribution < 1.29 is 14.3 Å². The van der Waals surface area contributed by atoms with Gasteiger partial charge >= 0.3 is 5.97 Å². The second kappa shape index (κ2) is 6.37. The zero-order valence-corrected chi connectivity index (χ0v) is 12.5. The number of carbonyl (C=O) groups excluding carboxylic acids is 1. The van der Waals surface area contributed by atoms with Crippen LogP contribution in [0.1, 0.15) is 25.3 Å². The Hall–Kier alpha value is -1.39. The number of carbonyl (C=O) groups is 1. The number of morpholine rings is 1. The molecule has 1 unspecified atom stereocenters. The first-order valence-electron chi connectivity index (χ1n) is 7.00. The molecule has 0 spiro atoms. The Bertz CT molecular complexity index is 444. The predicted molar refractivity (Wildman–Crippen MR) is 77.7 cm³/mol. The maximum atomic E-state index is 12.1. The van der Waals surface area contributed by atoms with Gasteiger partial charge in [0.2, 0.25) is 0 Å². The lowest BCUT2D eigenvalue weighted by Crippen LogP contribution is -2.54. The molecule has 1 aliphatic heterocycles. The van der Waals surface area contributed by atoms with E-state index >= 15 is 0 Å². The van der Waals surface area contributed by atoms with Crippen LogP contribution >= 0.6 is 0 Å². The summed E-state index contributed by atoms with van der Waals surface area (Å²) in [4.78, 5) is 14.4. The quantitative estimate of drug-likeness (QED) is 0.790. The number of esters is 1. The van der Waals surface area contributed by atoms with Gasteiger partial charge in [-0.25, -0.2) is 0 Å². The van der Waals surface area contributed by atoms with E-state index in [1.165, 1.54) is 7.11 Å². The molecule has 1 aromatic carbocycles. The second-order valence-corrected chi connectivity index (χ2v) is 5.80. The predicted octanol–water partition coefficient (Wildman–Crippen LogP) is 2.05. The topological polar surface area (TPSA) is 38.8 Å². The molecule has 0 aliphatic carbocycles. The van der Waals surface area contributed by atoms with Gasteiger partial charge in [0, 0.05) is 18.6 Å². The van der Waals surface area contributed by atoms with Crippen LogP contribution in [-0.2, 0) is 14.3 Å². The van der Waals surface area contributed by atoms with Crippen LogP contribution in [0.4, 0.5) is 0 Å². The van der Waals surface area contributed by atoms with Crippen LogP contribution < -0.4 is 0 Å². The third kappa shape index (κ3) is 3.38. The summed E-state index contributed by atoms with van der Waals surface area (Å²) in [7, 11) is 1.45. The van der Waals surface area contributed by atoms with E-state index in [2.05, 4.69) is 18.7 Å². The first-order valence-corrected chi connectivity index (χ1v) is 7.00. The van der Waals surface area contributed by atoms with Crippen molar-refractivity contribution in [3.05, 3.63) is 35.9 Å². The Morgan fingerprint density at radius 1 is 1.40 bits per heavy atom. The molecule has 1 saturated heterocycles. The molecule has 0 aromatic heterocycles. The van der Waals surface area contributed by atoms with Crippen LogP contribution in [0.5, 0.6) is 0 Å². The van der Waals surface area contributed by atoms with Gasteiger partial charge in [0.15, 0.2) is 0 Å². The Balaban J connectivity index is 2.18. The number of hydrogen-bond donors (Lipinski definition) is 0. The third-order valence-corrected chi connectivity index (χ3v) is 3.91. The molecule has 1 atom stereocenters. The fraction of sp³-hybridized carbons (Fsp3) is 0.562. The van der Waals surface area contributed by atoms with Gasteiger partial charge in [-0.3, -0.25) is 9.69 Å². The molecule has 4 nitrogen and oxygen atoms in total. The van der Waals surface area contributed by atoms with Crippen LogP contribution in [-0.4, -0.2) is 49.8 Å². The summed E-state index contributed by atoms with van der Waals surface area (Å²) in [6.07, 6.45) is 0. The molecule has 1 heterocycles. The van der Waals surface area contributed by atoms with Gasteiger partial charge in [-0.1, -0.05) is 30.3 Å². The Kier molecular flexibility index (Phi) is 4.78. The SMILES string of the molecule is COC(=O)C(CN1CCOCC1(C)C)c1ccccc1. The van der Waals surface area contributed by atoms with E-state index in [1.807, 2.05) is 30.3 Å². The Labute approximate surface area is 120 Å². The summed E-state index contributed by atoms with van der Waals surface area (Å²) in [5, 5.41) is 0. The fourth-order valence-electron chi connectivity index (χ4n) is 2.59. The lowest BCUT2D eigenvalue weighted by Gasteiger charge is -2.43. The molecule has 1 fully saturated rings. The molecule has 2 rings (SSSR count). The molecule has 1 aromatic rings. The van der Waals surface area contributed by atoms with Gasteiger partial charge in [-0.2, -0.15) is 0 Å². The first kappa shape index (κ1) is 15.0. The van der Waals surface area contributed by atoms with Gasteiger partial charge in [0.05, 0.1) is 26.2 Å². The van der Waals surface area contributed by atoms with E-state index in [0.717, 1.165) is 12.1 Å². The van der Waals surface area contributed by atoms with E-state index in [9.17, 15) is 4.79 Å². The monoisotopic (exact) mass is 277 g/mol. The van der Waals surface area contributed by atoms with Crippen molar-refractivity contribution in [2.24, 2.45) is 0 Å². The number of ether oxygens (including phenoxy) is 2. The third-order valence-electron chi connectivity index (χ3n) is 3.91. The summed E-state index contributed by atoms with van der Waals surface area (Å²) < 4.78 is 10.5. The molecule has 0 N–H and O–H groups in total. The minimum absolute atomic E-state index is 0.0562. The van der Waals surface area contributed by atoms with Gasteiger partial charge < -0.3 is 9.47 Å². The average Bonchev–Trinajstić information content (AvgIpc) is 2.46. The van der Waals surface area contributed by atoms with Gasteiger partial charge in [0.1, 0.15) is 0 Å².